The molecule has 288 valence electrons. The molecule has 1 unspecified atom stereocenters. The predicted octanol–water partition coefficient (Wildman–Crippen LogP) is 8.52. The third-order valence-corrected chi connectivity index (χ3v) is 9.19. The number of amides is 2. The number of nitrogens with zero attached hydrogens (tertiary/aromatic N) is 3. The molecule has 0 saturated carbocycles. The lowest BCUT2D eigenvalue weighted by Gasteiger charge is -2.22. The van der Waals surface area contributed by atoms with E-state index in [4.69, 9.17) is 4.74 Å². The van der Waals surface area contributed by atoms with Crippen molar-refractivity contribution in [3.05, 3.63) is 137 Å². The molecule has 1 heterocycles. The van der Waals surface area contributed by atoms with Gasteiger partial charge in [0.1, 0.15) is 11.8 Å². The summed E-state index contributed by atoms with van der Waals surface area (Å²) in [7, 11) is 0. The molecule has 4 rings (SSSR count). The minimum Gasteiger partial charge on any atom is -0.494 e. The smallest absolute Gasteiger partial charge is 0.330 e. The van der Waals surface area contributed by atoms with Crippen LogP contribution in [0.5, 0.6) is 5.75 Å². The van der Waals surface area contributed by atoms with Gasteiger partial charge in [-0.15, -0.1) is 0 Å². The van der Waals surface area contributed by atoms with Crippen molar-refractivity contribution in [3.63, 3.8) is 0 Å². The highest BCUT2D eigenvalue weighted by Gasteiger charge is 2.28. The fraction of sp³-hybridized carbons (Fsp3) is 0.333. The van der Waals surface area contributed by atoms with Gasteiger partial charge in [-0.05, 0) is 78.1 Å². The lowest BCUT2D eigenvalue weighted by atomic mass is 9.86. The molecule has 2 atom stereocenters. The van der Waals surface area contributed by atoms with Gasteiger partial charge in [-0.2, -0.15) is 0 Å². The summed E-state index contributed by atoms with van der Waals surface area (Å²) in [5.41, 5.74) is 5.01. The molecule has 0 saturated heterocycles. The normalized spacial score (nSPS) is 13.0. The van der Waals surface area contributed by atoms with Gasteiger partial charge in [0.25, 0.3) is 5.91 Å². The minimum atomic E-state index is -1.36. The SMILES string of the molecule is C=N/C(=N\C=C(/C)c1ccc(OCCCCCCC)cc1)c1ccc(C[C@H](NC(=O)c2ccc(C(C)(C)C)cc2)C(=O)NC(C(=O)O)c2cccnc2)cc1. The third kappa shape index (κ3) is 12.9. The van der Waals surface area contributed by atoms with Gasteiger partial charge in [0.2, 0.25) is 5.91 Å². The first-order valence-corrected chi connectivity index (χ1v) is 18.8. The first-order chi connectivity index (χ1) is 26.4. The summed E-state index contributed by atoms with van der Waals surface area (Å²) in [6.07, 6.45) is 10.7. The fourth-order valence-corrected chi connectivity index (χ4v) is 5.82. The van der Waals surface area contributed by atoms with E-state index in [1.807, 2.05) is 67.6 Å². The fourth-order valence-electron chi connectivity index (χ4n) is 5.82. The van der Waals surface area contributed by atoms with Crippen LogP contribution in [0.2, 0.25) is 0 Å². The van der Waals surface area contributed by atoms with E-state index in [1.165, 1.54) is 38.1 Å². The van der Waals surface area contributed by atoms with Crippen LogP contribution in [0.4, 0.5) is 0 Å². The summed E-state index contributed by atoms with van der Waals surface area (Å²) >= 11 is 0. The highest BCUT2D eigenvalue weighted by Crippen LogP contribution is 2.23. The Labute approximate surface area is 324 Å². The van der Waals surface area contributed by atoms with Gasteiger partial charge in [-0.3, -0.25) is 14.6 Å². The van der Waals surface area contributed by atoms with E-state index in [1.54, 1.807) is 30.5 Å². The summed E-state index contributed by atoms with van der Waals surface area (Å²) in [5.74, 6) is -1.11. The van der Waals surface area contributed by atoms with Crippen molar-refractivity contribution in [3.8, 4) is 5.75 Å². The second-order valence-electron chi connectivity index (χ2n) is 14.5. The standard InChI is InChI=1S/C45H53N5O5/c1-7-8-9-10-11-27-55-38-24-20-33(21-25-38)31(2)29-48-41(46-6)34-16-14-32(15-17-34)28-39(43(52)50-40(44(53)54)36-13-12-26-47-30-36)49-42(51)35-18-22-37(23-19-35)45(3,4)5/h12-26,29-30,39-40H,6-11,27-28H2,1-5H3,(H,49,51)(H,50,52)(H,53,54)/b31-29+,48-41-/t39-,40?/m0/s1. The quantitative estimate of drug-likeness (QED) is 0.0530. The average molecular weight is 744 g/mol. The molecule has 0 bridgehead atoms. The van der Waals surface area contributed by atoms with Crippen LogP contribution in [0.25, 0.3) is 5.57 Å². The van der Waals surface area contributed by atoms with Crippen molar-refractivity contribution < 1.29 is 24.2 Å². The second-order valence-corrected chi connectivity index (χ2v) is 14.5. The van der Waals surface area contributed by atoms with Gasteiger partial charge in [-0.25, -0.2) is 14.8 Å². The largest absolute Gasteiger partial charge is 0.494 e. The number of ether oxygens (including phenoxy) is 1. The number of rotatable bonds is 18. The Kier molecular flexibility index (Phi) is 15.6. The van der Waals surface area contributed by atoms with Crippen molar-refractivity contribution in [1.29, 1.82) is 0 Å². The van der Waals surface area contributed by atoms with Gasteiger partial charge in [-0.1, -0.05) is 108 Å². The molecule has 3 N–H and O–H groups in total. The number of carboxylic acids is 1. The molecule has 0 aliphatic carbocycles. The Morgan fingerprint density at radius 2 is 1.53 bits per heavy atom. The van der Waals surface area contributed by atoms with Crippen molar-refractivity contribution >= 4 is 35.9 Å². The number of allylic oxidation sites excluding steroid dienone is 1. The summed E-state index contributed by atoms with van der Waals surface area (Å²) < 4.78 is 5.90. The number of aliphatic carboxylic acids is 1. The molecule has 0 radical (unpaired) electrons. The number of carbonyl (C=O) groups is 3. The van der Waals surface area contributed by atoms with Crippen LogP contribution < -0.4 is 15.4 Å². The molecule has 2 amide bonds. The van der Waals surface area contributed by atoms with Crippen molar-refractivity contribution in [2.45, 2.75) is 90.6 Å². The number of hydrogen-bond donors (Lipinski definition) is 3. The van der Waals surface area contributed by atoms with Gasteiger partial charge in [0, 0.05) is 41.7 Å². The third-order valence-electron chi connectivity index (χ3n) is 9.19. The van der Waals surface area contributed by atoms with E-state index in [-0.39, 0.29) is 11.8 Å². The minimum absolute atomic E-state index is 0.0862. The molecule has 0 aliphatic rings. The zero-order valence-electron chi connectivity index (χ0n) is 32.5. The summed E-state index contributed by atoms with van der Waals surface area (Å²) in [6, 6.07) is 23.1. The number of aliphatic imine (C=N–C) groups is 2. The van der Waals surface area contributed by atoms with Crippen molar-refractivity contribution in [1.82, 2.24) is 15.6 Å². The van der Waals surface area contributed by atoms with E-state index in [9.17, 15) is 19.5 Å². The summed E-state index contributed by atoms with van der Waals surface area (Å²) in [5, 5.41) is 15.4. The zero-order chi connectivity index (χ0) is 39.8. The second kappa shape index (κ2) is 20.5. The molecule has 4 aromatic rings. The molecule has 55 heavy (non-hydrogen) atoms. The maximum atomic E-state index is 13.7. The maximum absolute atomic E-state index is 13.7. The Morgan fingerprint density at radius 1 is 0.873 bits per heavy atom. The highest BCUT2D eigenvalue weighted by molar-refractivity contribution is 6.02. The Bertz CT molecular complexity index is 1930. The molecule has 0 fully saturated rings. The van der Waals surface area contributed by atoms with Crippen molar-refractivity contribution in [2.24, 2.45) is 9.98 Å². The molecule has 10 heteroatoms. The Balaban J connectivity index is 1.48. The molecule has 0 aliphatic heterocycles. The van der Waals surface area contributed by atoms with Crippen molar-refractivity contribution in [2.75, 3.05) is 6.61 Å². The lowest BCUT2D eigenvalue weighted by Crippen LogP contribution is -2.50. The maximum Gasteiger partial charge on any atom is 0.330 e. The Morgan fingerprint density at radius 3 is 2.13 bits per heavy atom. The number of nitrogens with one attached hydrogen (secondary N) is 2. The van der Waals surface area contributed by atoms with E-state index in [0.29, 0.717) is 29.1 Å². The van der Waals surface area contributed by atoms with Crippen LogP contribution in [0, 0.1) is 0 Å². The average Bonchev–Trinajstić information content (AvgIpc) is 3.18. The van der Waals surface area contributed by atoms with Gasteiger partial charge >= 0.3 is 5.97 Å². The lowest BCUT2D eigenvalue weighted by molar-refractivity contribution is -0.142. The Hall–Kier alpha value is -5.90. The highest BCUT2D eigenvalue weighted by atomic mass is 16.5. The number of benzene rings is 3. The van der Waals surface area contributed by atoms with Crippen LogP contribution in [0.15, 0.2) is 114 Å². The summed E-state index contributed by atoms with van der Waals surface area (Å²) in [4.78, 5) is 52.1. The molecular weight excluding hydrogens is 691 g/mol. The predicted molar refractivity (Wildman–Crippen MR) is 220 cm³/mol. The van der Waals surface area contributed by atoms with E-state index in [0.717, 1.165) is 34.4 Å². The topological polar surface area (TPSA) is 142 Å². The molecule has 0 spiro atoms. The number of hydrogen-bond acceptors (Lipinski definition) is 6. The summed E-state index contributed by atoms with van der Waals surface area (Å²) in [6.45, 7) is 14.9. The van der Waals surface area contributed by atoms with E-state index >= 15 is 0 Å². The van der Waals surface area contributed by atoms with Crippen LogP contribution in [0.1, 0.15) is 111 Å². The van der Waals surface area contributed by atoms with E-state index in [2.05, 4.69) is 60.0 Å². The van der Waals surface area contributed by atoms with Crippen LogP contribution in [-0.2, 0) is 21.4 Å². The van der Waals surface area contributed by atoms with Gasteiger partial charge in [0.15, 0.2) is 11.9 Å². The molecule has 3 aromatic carbocycles. The number of aromatic nitrogens is 1. The molecular formula is C45H53N5O5. The van der Waals surface area contributed by atoms with Gasteiger partial charge < -0.3 is 20.5 Å². The number of amidine groups is 1. The number of carboxylic acid groups (broad SMARTS) is 1. The number of unbranched alkanes of at least 4 members (excludes halogenated alkanes) is 4. The molecule has 1 aromatic heterocycles. The first-order valence-electron chi connectivity index (χ1n) is 18.8. The monoisotopic (exact) mass is 743 g/mol. The molecule has 10 nitrogen and oxygen atoms in total. The first kappa shape index (κ1) is 41.9. The van der Waals surface area contributed by atoms with E-state index < -0.39 is 29.9 Å². The van der Waals surface area contributed by atoms with Crippen LogP contribution >= 0.6 is 0 Å². The number of pyridine rings is 1. The van der Waals surface area contributed by atoms with Crippen LogP contribution in [0.3, 0.4) is 0 Å². The van der Waals surface area contributed by atoms with Gasteiger partial charge in [0.05, 0.1) is 6.61 Å². The van der Waals surface area contributed by atoms with Crippen LogP contribution in [-0.4, -0.2) is 53.1 Å². The zero-order valence-corrected chi connectivity index (χ0v) is 32.5. The number of carbonyl (C=O) groups excluding carboxylic acids is 2.